The summed E-state index contributed by atoms with van der Waals surface area (Å²) in [4.78, 5) is 20.5. The largest absolute Gasteiger partial charge is 0.436 e. The third kappa shape index (κ3) is 4.28. The second-order valence-electron chi connectivity index (χ2n) is 5.70. The van der Waals surface area contributed by atoms with Crippen molar-refractivity contribution >= 4 is 5.91 Å². The molecule has 27 heavy (non-hydrogen) atoms. The lowest BCUT2D eigenvalue weighted by molar-refractivity contribution is 0.0920. The fourth-order valence-electron chi connectivity index (χ4n) is 2.38. The molecule has 6 nitrogen and oxygen atoms in total. The Labute approximate surface area is 154 Å². The Morgan fingerprint density at radius 3 is 2.81 bits per heavy atom. The molecule has 0 fully saturated rings. The van der Waals surface area contributed by atoms with E-state index in [2.05, 4.69) is 15.3 Å². The molecule has 0 aliphatic heterocycles. The fourth-order valence-corrected chi connectivity index (χ4v) is 2.38. The maximum Gasteiger partial charge on any atom is 0.289 e. The molecule has 1 N–H and O–H groups in total. The van der Waals surface area contributed by atoms with Gasteiger partial charge in [-0.05, 0) is 25.1 Å². The van der Waals surface area contributed by atoms with Gasteiger partial charge in [0.15, 0.2) is 17.5 Å². The van der Waals surface area contributed by atoms with Crippen LogP contribution in [0.1, 0.15) is 34.6 Å². The van der Waals surface area contributed by atoms with Crippen molar-refractivity contribution in [3.8, 4) is 11.6 Å². The highest BCUT2D eigenvalue weighted by Gasteiger charge is 2.17. The fraction of sp³-hybridized carbons (Fsp3) is 0.211. The molecular weight excluding hydrogens is 356 g/mol. The van der Waals surface area contributed by atoms with Gasteiger partial charge in [-0.1, -0.05) is 13.0 Å². The molecule has 2 aromatic heterocycles. The number of carbonyl (C=O) groups is 1. The summed E-state index contributed by atoms with van der Waals surface area (Å²) in [7, 11) is 0. The van der Waals surface area contributed by atoms with E-state index in [0.29, 0.717) is 23.6 Å². The zero-order valence-electron chi connectivity index (χ0n) is 14.8. The predicted molar refractivity (Wildman–Crippen MR) is 92.5 cm³/mol. The number of hydrogen-bond acceptors (Lipinski definition) is 5. The van der Waals surface area contributed by atoms with E-state index in [-0.39, 0.29) is 23.9 Å². The second kappa shape index (κ2) is 7.94. The number of nitrogens with zero attached hydrogens (tertiary/aromatic N) is 2. The third-order valence-electron chi connectivity index (χ3n) is 3.74. The standard InChI is InChI=1S/C19H17F2N3O3/c1-3-16-24-11(2)17(27-16)18(25)23-10-12-5-4-8-22-19(12)26-15-7-6-13(20)9-14(15)21/h4-9H,3,10H2,1-2H3,(H,23,25). The minimum Gasteiger partial charge on any atom is -0.436 e. The van der Waals surface area contributed by atoms with Crippen LogP contribution in [-0.2, 0) is 13.0 Å². The number of nitrogens with one attached hydrogen (secondary N) is 1. The number of pyridine rings is 1. The van der Waals surface area contributed by atoms with Crippen molar-refractivity contribution in [3.05, 3.63) is 71.1 Å². The monoisotopic (exact) mass is 373 g/mol. The van der Waals surface area contributed by atoms with Gasteiger partial charge < -0.3 is 14.5 Å². The van der Waals surface area contributed by atoms with Crippen LogP contribution >= 0.6 is 0 Å². The van der Waals surface area contributed by atoms with E-state index >= 15 is 0 Å². The number of oxazole rings is 1. The summed E-state index contributed by atoms with van der Waals surface area (Å²) >= 11 is 0. The van der Waals surface area contributed by atoms with Crippen molar-refractivity contribution in [2.75, 3.05) is 0 Å². The van der Waals surface area contributed by atoms with Crippen molar-refractivity contribution < 1.29 is 22.7 Å². The minimum absolute atomic E-state index is 0.0758. The van der Waals surface area contributed by atoms with Gasteiger partial charge in [0.1, 0.15) is 5.82 Å². The van der Waals surface area contributed by atoms with Crippen molar-refractivity contribution in [2.24, 2.45) is 0 Å². The number of benzene rings is 1. The lowest BCUT2D eigenvalue weighted by Crippen LogP contribution is -2.23. The first-order valence-corrected chi connectivity index (χ1v) is 8.29. The van der Waals surface area contributed by atoms with Gasteiger partial charge in [0.2, 0.25) is 11.6 Å². The Morgan fingerprint density at radius 1 is 1.30 bits per heavy atom. The number of carbonyl (C=O) groups excluding carboxylic acids is 1. The van der Waals surface area contributed by atoms with E-state index in [1.165, 1.54) is 12.3 Å². The van der Waals surface area contributed by atoms with Gasteiger partial charge >= 0.3 is 0 Å². The quantitative estimate of drug-likeness (QED) is 0.708. The van der Waals surface area contributed by atoms with Gasteiger partial charge in [-0.25, -0.2) is 18.7 Å². The molecule has 140 valence electrons. The van der Waals surface area contributed by atoms with E-state index in [1.54, 1.807) is 19.1 Å². The Morgan fingerprint density at radius 2 is 2.11 bits per heavy atom. The Kier molecular flexibility index (Phi) is 5.44. The van der Waals surface area contributed by atoms with Gasteiger partial charge in [0, 0.05) is 30.8 Å². The topological polar surface area (TPSA) is 77.2 Å². The number of aryl methyl sites for hydroxylation is 2. The lowest BCUT2D eigenvalue weighted by Gasteiger charge is -2.11. The lowest BCUT2D eigenvalue weighted by atomic mass is 10.2. The average molecular weight is 373 g/mol. The molecule has 1 amide bonds. The molecule has 1 aromatic carbocycles. The Balaban J connectivity index is 1.74. The van der Waals surface area contributed by atoms with Crippen LogP contribution in [0, 0.1) is 18.6 Å². The van der Waals surface area contributed by atoms with E-state index in [0.717, 1.165) is 12.1 Å². The van der Waals surface area contributed by atoms with E-state index in [4.69, 9.17) is 9.15 Å². The molecule has 0 aliphatic carbocycles. The summed E-state index contributed by atoms with van der Waals surface area (Å²) in [5.41, 5.74) is 1.02. The molecule has 0 spiro atoms. The van der Waals surface area contributed by atoms with Crippen molar-refractivity contribution in [1.82, 2.24) is 15.3 Å². The molecule has 0 atom stereocenters. The maximum atomic E-state index is 13.8. The number of amides is 1. The van der Waals surface area contributed by atoms with Crippen LogP contribution in [0.15, 0.2) is 40.9 Å². The number of rotatable bonds is 6. The molecule has 0 radical (unpaired) electrons. The Bertz CT molecular complexity index is 973. The normalized spacial score (nSPS) is 10.7. The van der Waals surface area contributed by atoms with Gasteiger partial charge in [-0.3, -0.25) is 4.79 Å². The van der Waals surface area contributed by atoms with Crippen LogP contribution in [0.25, 0.3) is 0 Å². The van der Waals surface area contributed by atoms with Crippen molar-refractivity contribution in [3.63, 3.8) is 0 Å². The number of aromatic nitrogens is 2. The minimum atomic E-state index is -0.847. The SMILES string of the molecule is CCc1nc(C)c(C(=O)NCc2cccnc2Oc2ccc(F)cc2F)o1. The van der Waals surface area contributed by atoms with Crippen LogP contribution in [0.4, 0.5) is 8.78 Å². The van der Waals surface area contributed by atoms with Gasteiger partial charge in [-0.2, -0.15) is 0 Å². The summed E-state index contributed by atoms with van der Waals surface area (Å²) in [6.07, 6.45) is 2.05. The third-order valence-corrected chi connectivity index (χ3v) is 3.74. The van der Waals surface area contributed by atoms with Crippen LogP contribution in [0.2, 0.25) is 0 Å². The molecule has 2 heterocycles. The first-order chi connectivity index (χ1) is 13.0. The molecule has 0 saturated heterocycles. The van der Waals surface area contributed by atoms with Gasteiger partial charge in [0.25, 0.3) is 5.91 Å². The number of halogens is 2. The summed E-state index contributed by atoms with van der Waals surface area (Å²) in [5, 5.41) is 2.70. The smallest absolute Gasteiger partial charge is 0.289 e. The highest BCUT2D eigenvalue weighted by atomic mass is 19.1. The molecule has 0 unspecified atom stereocenters. The van der Waals surface area contributed by atoms with Gasteiger partial charge in [0.05, 0.1) is 5.69 Å². The van der Waals surface area contributed by atoms with Crippen LogP contribution in [-0.4, -0.2) is 15.9 Å². The van der Waals surface area contributed by atoms with Crippen LogP contribution in [0.5, 0.6) is 11.6 Å². The molecule has 3 rings (SSSR count). The molecular formula is C19H17F2N3O3. The van der Waals surface area contributed by atoms with Crippen LogP contribution < -0.4 is 10.1 Å². The van der Waals surface area contributed by atoms with Crippen molar-refractivity contribution in [1.29, 1.82) is 0 Å². The molecule has 8 heteroatoms. The maximum absolute atomic E-state index is 13.8. The highest BCUT2D eigenvalue weighted by Crippen LogP contribution is 2.26. The Hall–Kier alpha value is -3.29. The number of hydrogen-bond donors (Lipinski definition) is 1. The van der Waals surface area contributed by atoms with E-state index < -0.39 is 17.5 Å². The summed E-state index contributed by atoms with van der Waals surface area (Å²) in [6.45, 7) is 3.64. The highest BCUT2D eigenvalue weighted by molar-refractivity contribution is 5.92. The average Bonchev–Trinajstić information content (AvgIpc) is 3.04. The molecule has 0 bridgehead atoms. The van der Waals surface area contributed by atoms with Gasteiger partial charge in [-0.15, -0.1) is 0 Å². The molecule has 0 saturated carbocycles. The first kappa shape index (κ1) is 18.5. The van der Waals surface area contributed by atoms with E-state index in [9.17, 15) is 13.6 Å². The predicted octanol–water partition coefficient (Wildman–Crippen LogP) is 3.94. The first-order valence-electron chi connectivity index (χ1n) is 8.29. The molecule has 3 aromatic rings. The summed E-state index contributed by atoms with van der Waals surface area (Å²) in [6, 6.07) is 6.31. The van der Waals surface area contributed by atoms with Crippen molar-refractivity contribution in [2.45, 2.75) is 26.8 Å². The van der Waals surface area contributed by atoms with E-state index in [1.807, 2.05) is 6.92 Å². The summed E-state index contributed by atoms with van der Waals surface area (Å²) in [5.74, 6) is -1.42. The number of ether oxygens (including phenoxy) is 1. The van der Waals surface area contributed by atoms with Crippen LogP contribution in [0.3, 0.4) is 0 Å². The zero-order chi connectivity index (χ0) is 19.4. The summed E-state index contributed by atoms with van der Waals surface area (Å²) < 4.78 is 37.7. The molecule has 0 aliphatic rings. The second-order valence-corrected chi connectivity index (χ2v) is 5.70. The zero-order valence-corrected chi connectivity index (χ0v) is 14.8.